The first-order chi connectivity index (χ1) is 10.4. The van der Waals surface area contributed by atoms with Gasteiger partial charge in [0.15, 0.2) is 16.4 Å². The zero-order valence-electron chi connectivity index (χ0n) is 12.2. The van der Waals surface area contributed by atoms with Gasteiger partial charge in [-0.1, -0.05) is 24.3 Å². The summed E-state index contributed by atoms with van der Waals surface area (Å²) < 4.78 is 28.9. The molecule has 2 amide bonds. The van der Waals surface area contributed by atoms with E-state index in [9.17, 15) is 18.0 Å². The fourth-order valence-corrected chi connectivity index (χ4v) is 4.53. The van der Waals surface area contributed by atoms with Crippen LogP contribution < -0.4 is 0 Å². The Bertz CT molecular complexity index is 711. The first-order valence-corrected chi connectivity index (χ1v) is 9.05. The number of nitrogens with zero attached hydrogens (tertiary/aromatic N) is 1. The van der Waals surface area contributed by atoms with E-state index in [1.165, 1.54) is 6.26 Å². The number of carbonyl (C=O) groups is 2. The molecule has 0 aromatic heterocycles. The molecule has 22 heavy (non-hydrogen) atoms. The fourth-order valence-electron chi connectivity index (χ4n) is 3.22. The molecule has 1 aliphatic carbocycles. The first-order valence-electron chi connectivity index (χ1n) is 7.10. The molecule has 1 aromatic rings. The minimum Gasteiger partial charge on any atom is -0.439 e. The Kier molecular flexibility index (Phi) is 3.68. The molecule has 1 aromatic carbocycles. The molecule has 1 aliphatic heterocycles. The summed E-state index contributed by atoms with van der Waals surface area (Å²) in [6, 6.07) is 7.45. The molecule has 1 saturated heterocycles. The number of rotatable bonds is 3. The zero-order chi connectivity index (χ0) is 15.9. The van der Waals surface area contributed by atoms with E-state index in [-0.39, 0.29) is 25.0 Å². The third-order valence-corrected chi connectivity index (χ3v) is 5.74. The van der Waals surface area contributed by atoms with Gasteiger partial charge in [-0.3, -0.25) is 4.79 Å². The van der Waals surface area contributed by atoms with Gasteiger partial charge in [-0.15, -0.1) is 0 Å². The van der Waals surface area contributed by atoms with E-state index >= 15 is 0 Å². The molecule has 0 bridgehead atoms. The molecule has 0 spiro atoms. The second-order valence-corrected chi connectivity index (χ2v) is 8.11. The molecular weight excluding hydrogens is 306 g/mol. The summed E-state index contributed by atoms with van der Waals surface area (Å²) in [7, 11) is -3.25. The van der Waals surface area contributed by atoms with Crippen LogP contribution in [0.5, 0.6) is 0 Å². The molecule has 6 nitrogen and oxygen atoms in total. The van der Waals surface area contributed by atoms with E-state index in [0.717, 1.165) is 16.0 Å². The molecule has 0 N–H and O–H groups in total. The summed E-state index contributed by atoms with van der Waals surface area (Å²) in [5.41, 5.74) is 1.80. The van der Waals surface area contributed by atoms with Crippen molar-refractivity contribution in [2.24, 2.45) is 5.92 Å². The van der Waals surface area contributed by atoms with Crippen LogP contribution in [0, 0.1) is 5.92 Å². The van der Waals surface area contributed by atoms with Gasteiger partial charge in [-0.25, -0.2) is 18.1 Å². The van der Waals surface area contributed by atoms with Crippen molar-refractivity contribution in [3.8, 4) is 0 Å². The lowest BCUT2D eigenvalue weighted by atomic mass is 9.83. The van der Waals surface area contributed by atoms with Crippen molar-refractivity contribution >= 4 is 21.8 Å². The summed E-state index contributed by atoms with van der Waals surface area (Å²) in [4.78, 5) is 24.3. The zero-order valence-corrected chi connectivity index (χ0v) is 13.0. The average Bonchev–Trinajstić information content (AvgIpc) is 2.77. The van der Waals surface area contributed by atoms with Crippen LogP contribution in [-0.4, -0.2) is 44.7 Å². The van der Waals surface area contributed by atoms with Crippen molar-refractivity contribution in [2.75, 3.05) is 19.4 Å². The number of ether oxygens (including phenoxy) is 1. The minimum atomic E-state index is -3.25. The van der Waals surface area contributed by atoms with Gasteiger partial charge in [0.1, 0.15) is 0 Å². The molecule has 1 fully saturated rings. The summed E-state index contributed by atoms with van der Waals surface area (Å²) in [6.07, 6.45) is 1.65. The lowest BCUT2D eigenvalue weighted by Crippen LogP contribution is -2.37. The topological polar surface area (TPSA) is 80.8 Å². The Morgan fingerprint density at radius 3 is 2.64 bits per heavy atom. The third-order valence-electron chi connectivity index (χ3n) is 4.26. The fraction of sp³-hybridized carbons (Fsp3) is 0.467. The number of carbonyl (C=O) groups excluding carboxylic acids is 2. The highest BCUT2D eigenvalue weighted by Crippen LogP contribution is 2.38. The summed E-state index contributed by atoms with van der Waals surface area (Å²) in [6.45, 7) is -0.0182. The standard InChI is InChI=1S/C15H17NO5S/c1-22(19,20)13-7-10(6-11-4-2-3-5-12(11)13)8-16-14(17)9-21-15(16)18/h2-5,10,13H,6-9H2,1H3/t10-,13?/m1/s1. The van der Waals surface area contributed by atoms with Crippen molar-refractivity contribution in [3.05, 3.63) is 35.4 Å². The summed E-state index contributed by atoms with van der Waals surface area (Å²) in [5.74, 6) is -0.441. The van der Waals surface area contributed by atoms with Gasteiger partial charge in [-0.05, 0) is 29.9 Å². The summed E-state index contributed by atoms with van der Waals surface area (Å²) >= 11 is 0. The monoisotopic (exact) mass is 323 g/mol. The predicted octanol–water partition coefficient (Wildman–Crippen LogP) is 1.31. The molecule has 0 saturated carbocycles. The van der Waals surface area contributed by atoms with Gasteiger partial charge in [-0.2, -0.15) is 0 Å². The van der Waals surface area contributed by atoms with E-state index in [4.69, 9.17) is 4.74 Å². The van der Waals surface area contributed by atoms with Crippen LogP contribution in [0.3, 0.4) is 0 Å². The molecule has 7 heteroatoms. The lowest BCUT2D eigenvalue weighted by molar-refractivity contribution is -0.126. The number of imide groups is 1. The first kappa shape index (κ1) is 15.0. The van der Waals surface area contributed by atoms with Gasteiger partial charge in [0, 0.05) is 12.8 Å². The third kappa shape index (κ3) is 2.72. The average molecular weight is 323 g/mol. The molecular formula is C15H17NO5S. The van der Waals surface area contributed by atoms with Gasteiger partial charge in [0.25, 0.3) is 5.91 Å². The molecule has 1 heterocycles. The Labute approximate surface area is 129 Å². The number of hydrogen-bond donors (Lipinski definition) is 0. The highest BCUT2D eigenvalue weighted by Gasteiger charge is 2.38. The number of amides is 2. The van der Waals surface area contributed by atoms with Crippen LogP contribution in [0.4, 0.5) is 4.79 Å². The van der Waals surface area contributed by atoms with Crippen molar-refractivity contribution < 1.29 is 22.7 Å². The Balaban J connectivity index is 1.87. The van der Waals surface area contributed by atoms with E-state index in [2.05, 4.69) is 0 Å². The van der Waals surface area contributed by atoms with Crippen LogP contribution in [0.2, 0.25) is 0 Å². The van der Waals surface area contributed by atoms with Crippen LogP contribution in [0.25, 0.3) is 0 Å². The molecule has 3 rings (SSSR count). The number of hydrogen-bond acceptors (Lipinski definition) is 5. The Hall–Kier alpha value is -1.89. The van der Waals surface area contributed by atoms with Crippen molar-refractivity contribution in [1.29, 1.82) is 0 Å². The van der Waals surface area contributed by atoms with E-state index < -0.39 is 21.2 Å². The minimum absolute atomic E-state index is 0.0794. The van der Waals surface area contributed by atoms with Gasteiger partial charge in [0.2, 0.25) is 0 Å². The van der Waals surface area contributed by atoms with E-state index in [1.807, 2.05) is 24.3 Å². The summed E-state index contributed by atoms with van der Waals surface area (Å²) in [5, 5.41) is -0.587. The molecule has 2 aliphatic rings. The number of cyclic esters (lactones) is 1. The maximum atomic E-state index is 12.1. The quantitative estimate of drug-likeness (QED) is 0.838. The smallest absolute Gasteiger partial charge is 0.417 e. The SMILES string of the molecule is CS(=O)(=O)C1C[C@H](CN2C(=O)COC2=O)Cc2ccccc21. The van der Waals surface area contributed by atoms with Crippen LogP contribution in [0.1, 0.15) is 22.8 Å². The van der Waals surface area contributed by atoms with Gasteiger partial charge >= 0.3 is 6.09 Å². The molecule has 118 valence electrons. The lowest BCUT2D eigenvalue weighted by Gasteiger charge is -2.31. The van der Waals surface area contributed by atoms with Crippen molar-refractivity contribution in [3.63, 3.8) is 0 Å². The largest absolute Gasteiger partial charge is 0.439 e. The maximum absolute atomic E-state index is 12.1. The molecule has 0 radical (unpaired) electrons. The number of fused-ring (bicyclic) bond motifs is 1. The highest BCUT2D eigenvalue weighted by atomic mass is 32.2. The van der Waals surface area contributed by atoms with Gasteiger partial charge in [0.05, 0.1) is 5.25 Å². The van der Waals surface area contributed by atoms with Crippen LogP contribution in [-0.2, 0) is 25.8 Å². The Morgan fingerprint density at radius 1 is 1.27 bits per heavy atom. The predicted molar refractivity (Wildman–Crippen MR) is 78.9 cm³/mol. The Morgan fingerprint density at radius 2 is 2.00 bits per heavy atom. The van der Waals surface area contributed by atoms with E-state index in [1.54, 1.807) is 0 Å². The van der Waals surface area contributed by atoms with Crippen LogP contribution in [0.15, 0.2) is 24.3 Å². The highest BCUT2D eigenvalue weighted by molar-refractivity contribution is 7.90. The molecule has 1 unspecified atom stereocenters. The van der Waals surface area contributed by atoms with Crippen molar-refractivity contribution in [1.82, 2.24) is 4.90 Å². The number of benzene rings is 1. The maximum Gasteiger partial charge on any atom is 0.417 e. The van der Waals surface area contributed by atoms with E-state index in [0.29, 0.717) is 12.8 Å². The van der Waals surface area contributed by atoms with Crippen LogP contribution >= 0.6 is 0 Å². The van der Waals surface area contributed by atoms with Gasteiger partial charge < -0.3 is 4.74 Å². The molecule has 2 atom stereocenters. The number of sulfone groups is 1. The second-order valence-electron chi connectivity index (χ2n) is 5.88. The normalized spacial score (nSPS) is 25.0. The second kappa shape index (κ2) is 5.39. The van der Waals surface area contributed by atoms with Crippen molar-refractivity contribution in [2.45, 2.75) is 18.1 Å².